The lowest BCUT2D eigenvalue weighted by molar-refractivity contribution is 1.27. The Labute approximate surface area is 70.8 Å². The molecule has 1 aromatic carbocycles. The molecule has 1 rings (SSSR count). The molecule has 1 aromatic rings. The number of hydrogen-bond donors (Lipinski definition) is 1. The predicted molar refractivity (Wildman–Crippen MR) is 50.8 cm³/mol. The number of rotatable bonds is 1. The van der Waals surface area contributed by atoms with Crippen molar-refractivity contribution in [2.45, 2.75) is 18.7 Å². The Bertz CT molecular complexity index is 231. The zero-order valence-corrected chi connectivity index (χ0v) is 7.80. The summed E-state index contributed by atoms with van der Waals surface area (Å²) in [7, 11) is 1.50. The monoisotopic (exact) mass is 170 g/mol. The van der Waals surface area contributed by atoms with Crippen LogP contribution in [-0.2, 0) is 0 Å². The highest BCUT2D eigenvalue weighted by atomic mass is 33.1. The maximum atomic E-state index is 4.14. The minimum absolute atomic E-state index is 1.25. The van der Waals surface area contributed by atoms with Crippen molar-refractivity contribution < 1.29 is 0 Å². The molecule has 0 atom stereocenters. The van der Waals surface area contributed by atoms with Crippen LogP contribution < -0.4 is 0 Å². The molecule has 0 radical (unpaired) electrons. The van der Waals surface area contributed by atoms with Gasteiger partial charge in [0.25, 0.3) is 0 Å². The first-order chi connectivity index (χ1) is 4.74. The topological polar surface area (TPSA) is 0 Å². The van der Waals surface area contributed by atoms with Crippen molar-refractivity contribution >= 4 is 22.5 Å². The van der Waals surface area contributed by atoms with Crippen molar-refractivity contribution in [1.82, 2.24) is 0 Å². The third-order valence-corrected chi connectivity index (χ3v) is 2.67. The zero-order valence-electron chi connectivity index (χ0n) is 6.09. The van der Waals surface area contributed by atoms with Gasteiger partial charge < -0.3 is 0 Å². The molecule has 0 saturated heterocycles. The molecule has 0 heterocycles. The first kappa shape index (κ1) is 8.02. The molecule has 0 bridgehead atoms. The molecule has 0 unspecified atom stereocenters. The molecule has 0 nitrogen and oxygen atoms in total. The quantitative estimate of drug-likeness (QED) is 0.498. The normalized spacial score (nSPS) is 9.90. The van der Waals surface area contributed by atoms with Crippen LogP contribution in [0.25, 0.3) is 0 Å². The molecule has 0 saturated carbocycles. The Kier molecular flexibility index (Phi) is 2.69. The Hall–Kier alpha value is -0.0800. The van der Waals surface area contributed by atoms with Crippen LogP contribution in [0.1, 0.15) is 11.1 Å². The Balaban J connectivity index is 3.09. The highest BCUT2D eigenvalue weighted by Gasteiger charge is 1.94. The molecule has 0 aliphatic carbocycles. The van der Waals surface area contributed by atoms with Gasteiger partial charge in [0.1, 0.15) is 0 Å². The van der Waals surface area contributed by atoms with Crippen LogP contribution in [-0.4, -0.2) is 0 Å². The van der Waals surface area contributed by atoms with E-state index in [0.29, 0.717) is 0 Å². The van der Waals surface area contributed by atoms with Crippen molar-refractivity contribution in [2.75, 3.05) is 0 Å². The summed E-state index contributed by atoms with van der Waals surface area (Å²) in [5, 5.41) is 0. The van der Waals surface area contributed by atoms with E-state index < -0.39 is 0 Å². The fourth-order valence-corrected chi connectivity index (χ4v) is 1.85. The standard InChI is InChI=1S/C8H10S2/c1-6-3-4-7(2)8(5-6)10-9/h3-5,9H,1-2H3. The SMILES string of the molecule is Cc1ccc(C)c(SS)c1. The first-order valence-electron chi connectivity index (χ1n) is 3.12. The van der Waals surface area contributed by atoms with E-state index in [4.69, 9.17) is 0 Å². The molecule has 0 aliphatic heterocycles. The van der Waals surface area contributed by atoms with Crippen molar-refractivity contribution in [3.8, 4) is 0 Å². The molecule has 0 amide bonds. The van der Waals surface area contributed by atoms with Crippen LogP contribution in [0.3, 0.4) is 0 Å². The third kappa shape index (κ3) is 1.70. The fourth-order valence-electron chi connectivity index (χ4n) is 0.806. The van der Waals surface area contributed by atoms with E-state index in [1.54, 1.807) is 0 Å². The van der Waals surface area contributed by atoms with E-state index in [1.807, 2.05) is 0 Å². The van der Waals surface area contributed by atoms with Gasteiger partial charge in [0, 0.05) is 4.90 Å². The molecule has 0 fully saturated rings. The summed E-state index contributed by atoms with van der Waals surface area (Å²) in [5.41, 5.74) is 2.59. The van der Waals surface area contributed by atoms with Crippen molar-refractivity contribution in [2.24, 2.45) is 0 Å². The molecular weight excluding hydrogens is 160 g/mol. The maximum Gasteiger partial charge on any atom is 0.0212 e. The van der Waals surface area contributed by atoms with Crippen molar-refractivity contribution in [3.63, 3.8) is 0 Å². The second-order valence-electron chi connectivity index (χ2n) is 2.36. The Morgan fingerprint density at radius 2 is 2.00 bits per heavy atom. The fraction of sp³-hybridized carbons (Fsp3) is 0.250. The van der Waals surface area contributed by atoms with E-state index >= 15 is 0 Å². The van der Waals surface area contributed by atoms with E-state index in [2.05, 4.69) is 43.7 Å². The smallest absolute Gasteiger partial charge is 0.0212 e. The zero-order chi connectivity index (χ0) is 7.56. The second-order valence-corrected chi connectivity index (χ2v) is 3.53. The summed E-state index contributed by atoms with van der Waals surface area (Å²) in [6.45, 7) is 4.19. The lowest BCUT2D eigenvalue weighted by Gasteiger charge is -2.00. The van der Waals surface area contributed by atoms with Crippen LogP contribution >= 0.6 is 22.5 Å². The lowest BCUT2D eigenvalue weighted by Crippen LogP contribution is -1.77. The molecule has 0 spiro atoms. The van der Waals surface area contributed by atoms with Gasteiger partial charge in [-0.1, -0.05) is 22.9 Å². The molecule has 2 heteroatoms. The van der Waals surface area contributed by atoms with Gasteiger partial charge in [0.2, 0.25) is 0 Å². The lowest BCUT2D eigenvalue weighted by atomic mass is 10.2. The van der Waals surface area contributed by atoms with Crippen LogP contribution in [0.4, 0.5) is 0 Å². The predicted octanol–water partition coefficient (Wildman–Crippen LogP) is 3.24. The number of hydrogen-bond acceptors (Lipinski definition) is 2. The molecular formula is C8H10S2. The Morgan fingerprint density at radius 1 is 1.30 bits per heavy atom. The molecule has 0 aliphatic rings. The summed E-state index contributed by atoms with van der Waals surface area (Å²) in [6.07, 6.45) is 0. The van der Waals surface area contributed by atoms with E-state index in [1.165, 1.54) is 26.8 Å². The van der Waals surface area contributed by atoms with Crippen LogP contribution in [0.15, 0.2) is 23.1 Å². The van der Waals surface area contributed by atoms with Gasteiger partial charge >= 0.3 is 0 Å². The van der Waals surface area contributed by atoms with E-state index in [9.17, 15) is 0 Å². The average molecular weight is 170 g/mol. The van der Waals surface area contributed by atoms with Gasteiger partial charge in [-0.15, -0.1) is 11.7 Å². The van der Waals surface area contributed by atoms with Crippen LogP contribution in [0, 0.1) is 13.8 Å². The second kappa shape index (κ2) is 3.35. The number of thiol groups is 1. The van der Waals surface area contributed by atoms with Crippen molar-refractivity contribution in [3.05, 3.63) is 29.3 Å². The minimum atomic E-state index is 1.25. The van der Waals surface area contributed by atoms with E-state index in [0.717, 1.165) is 0 Å². The maximum absolute atomic E-state index is 4.14. The summed E-state index contributed by atoms with van der Waals surface area (Å²) in [5.74, 6) is 0. The minimum Gasteiger partial charge on any atom is -0.106 e. The van der Waals surface area contributed by atoms with Gasteiger partial charge in [-0.2, -0.15) is 0 Å². The largest absolute Gasteiger partial charge is 0.106 e. The molecule has 54 valence electrons. The van der Waals surface area contributed by atoms with Crippen LogP contribution in [0.5, 0.6) is 0 Å². The average Bonchev–Trinajstić information content (AvgIpc) is 1.94. The van der Waals surface area contributed by atoms with Gasteiger partial charge in [-0.3, -0.25) is 0 Å². The molecule has 0 aromatic heterocycles. The summed E-state index contributed by atoms with van der Waals surface area (Å²) in [4.78, 5) is 1.25. The van der Waals surface area contributed by atoms with Gasteiger partial charge in [-0.25, -0.2) is 0 Å². The van der Waals surface area contributed by atoms with Gasteiger partial charge in [-0.05, 0) is 31.0 Å². The van der Waals surface area contributed by atoms with Gasteiger partial charge in [0.15, 0.2) is 0 Å². The third-order valence-electron chi connectivity index (χ3n) is 1.44. The number of benzene rings is 1. The molecule has 0 N–H and O–H groups in total. The van der Waals surface area contributed by atoms with Crippen molar-refractivity contribution in [1.29, 1.82) is 0 Å². The van der Waals surface area contributed by atoms with E-state index in [-0.39, 0.29) is 0 Å². The number of aryl methyl sites for hydroxylation is 2. The summed E-state index contributed by atoms with van der Waals surface area (Å²) >= 11 is 4.14. The summed E-state index contributed by atoms with van der Waals surface area (Å²) < 4.78 is 0. The first-order valence-corrected chi connectivity index (χ1v) is 4.99. The molecule has 10 heavy (non-hydrogen) atoms. The Morgan fingerprint density at radius 3 is 2.50 bits per heavy atom. The highest BCUT2D eigenvalue weighted by molar-refractivity contribution is 8.68. The highest BCUT2D eigenvalue weighted by Crippen LogP contribution is 2.25. The van der Waals surface area contributed by atoms with Gasteiger partial charge in [0.05, 0.1) is 0 Å². The van der Waals surface area contributed by atoms with Crippen LogP contribution in [0.2, 0.25) is 0 Å². The summed E-state index contributed by atoms with van der Waals surface area (Å²) in [6, 6.07) is 6.38.